The summed E-state index contributed by atoms with van der Waals surface area (Å²) in [5.41, 5.74) is 1.26. The number of likely N-dealkylation sites (tertiary alicyclic amines) is 1. The van der Waals surface area contributed by atoms with Gasteiger partial charge in [0.15, 0.2) is 0 Å². The van der Waals surface area contributed by atoms with E-state index in [1.165, 1.54) is 5.56 Å². The Morgan fingerprint density at radius 2 is 2.06 bits per heavy atom. The summed E-state index contributed by atoms with van der Waals surface area (Å²) in [6, 6.07) is 10.4. The zero-order valence-electron chi connectivity index (χ0n) is 11.1. The summed E-state index contributed by atoms with van der Waals surface area (Å²) in [5, 5.41) is 8.96. The molecule has 1 fully saturated rings. The minimum absolute atomic E-state index is 0.0335. The van der Waals surface area contributed by atoms with Gasteiger partial charge in [-0.15, -0.1) is 0 Å². The number of hydrogen-bond donors (Lipinski definition) is 1. The summed E-state index contributed by atoms with van der Waals surface area (Å²) in [6.45, 7) is 6.22. The smallest absolute Gasteiger partial charge is 0.303 e. The number of carbonyl (C=O) groups is 1. The third-order valence-corrected chi connectivity index (χ3v) is 4.20. The molecule has 1 aromatic carbocycles. The average molecular weight is 247 g/mol. The molecule has 3 heteroatoms. The second kappa shape index (κ2) is 5.11. The Labute approximate surface area is 108 Å². The van der Waals surface area contributed by atoms with Gasteiger partial charge in [0.05, 0.1) is 0 Å². The Kier molecular flexibility index (Phi) is 3.71. The van der Waals surface area contributed by atoms with Crippen molar-refractivity contribution in [2.75, 3.05) is 6.54 Å². The minimum Gasteiger partial charge on any atom is -0.481 e. The molecule has 1 heterocycles. The fourth-order valence-electron chi connectivity index (χ4n) is 2.86. The first-order valence-electron chi connectivity index (χ1n) is 6.51. The van der Waals surface area contributed by atoms with E-state index in [1.54, 1.807) is 0 Å². The number of benzene rings is 1. The van der Waals surface area contributed by atoms with Gasteiger partial charge in [0.2, 0.25) is 0 Å². The first-order valence-corrected chi connectivity index (χ1v) is 6.51. The van der Waals surface area contributed by atoms with Gasteiger partial charge in [0.1, 0.15) is 0 Å². The van der Waals surface area contributed by atoms with E-state index in [1.807, 2.05) is 18.2 Å². The van der Waals surface area contributed by atoms with Gasteiger partial charge in [-0.05, 0) is 38.3 Å². The van der Waals surface area contributed by atoms with E-state index in [-0.39, 0.29) is 17.9 Å². The van der Waals surface area contributed by atoms with Crippen LogP contribution in [0, 0.1) is 5.92 Å². The summed E-state index contributed by atoms with van der Waals surface area (Å²) < 4.78 is 0. The maximum atomic E-state index is 10.9. The molecule has 3 nitrogen and oxygen atoms in total. The lowest BCUT2D eigenvalue weighted by Gasteiger charge is -2.35. The number of aliphatic carboxylic acids is 1. The highest BCUT2D eigenvalue weighted by Crippen LogP contribution is 2.37. The number of nitrogens with zero attached hydrogens (tertiary/aromatic N) is 1. The van der Waals surface area contributed by atoms with Gasteiger partial charge in [0.25, 0.3) is 0 Å². The Morgan fingerprint density at radius 3 is 2.67 bits per heavy atom. The summed E-state index contributed by atoms with van der Waals surface area (Å²) in [4.78, 5) is 13.3. The topological polar surface area (TPSA) is 40.5 Å². The molecule has 0 aliphatic carbocycles. The van der Waals surface area contributed by atoms with E-state index in [0.29, 0.717) is 0 Å². The summed E-state index contributed by atoms with van der Waals surface area (Å²) in [6.07, 6.45) is 1.25. The third kappa shape index (κ3) is 2.72. The SMILES string of the molecule is CC1(C)C(CC(=O)O)CCN1Cc1ccccc1. The van der Waals surface area contributed by atoms with E-state index < -0.39 is 5.97 Å². The van der Waals surface area contributed by atoms with Crippen LogP contribution in [0.5, 0.6) is 0 Å². The molecule has 0 aromatic heterocycles. The highest BCUT2D eigenvalue weighted by atomic mass is 16.4. The molecule has 1 N–H and O–H groups in total. The molecular weight excluding hydrogens is 226 g/mol. The largest absolute Gasteiger partial charge is 0.481 e. The normalized spacial score (nSPS) is 23.1. The van der Waals surface area contributed by atoms with Crippen molar-refractivity contribution in [1.82, 2.24) is 4.90 Å². The molecule has 0 saturated carbocycles. The maximum Gasteiger partial charge on any atom is 0.303 e. The Morgan fingerprint density at radius 1 is 1.39 bits per heavy atom. The molecule has 1 atom stereocenters. The first-order chi connectivity index (χ1) is 8.50. The second-order valence-electron chi connectivity index (χ2n) is 5.64. The molecule has 2 rings (SSSR count). The fourth-order valence-corrected chi connectivity index (χ4v) is 2.86. The molecule has 1 saturated heterocycles. The standard InChI is InChI=1S/C15H21NO2/c1-15(2)13(10-14(17)18)8-9-16(15)11-12-6-4-3-5-7-12/h3-7,13H,8-11H2,1-2H3,(H,17,18). The van der Waals surface area contributed by atoms with E-state index >= 15 is 0 Å². The third-order valence-electron chi connectivity index (χ3n) is 4.20. The van der Waals surface area contributed by atoms with Crippen LogP contribution < -0.4 is 0 Å². The van der Waals surface area contributed by atoms with Crippen LogP contribution in [0.1, 0.15) is 32.3 Å². The van der Waals surface area contributed by atoms with Crippen LogP contribution in [0.25, 0.3) is 0 Å². The lowest BCUT2D eigenvalue weighted by atomic mass is 9.86. The zero-order valence-corrected chi connectivity index (χ0v) is 11.1. The summed E-state index contributed by atoms with van der Waals surface area (Å²) >= 11 is 0. The van der Waals surface area contributed by atoms with Crippen LogP contribution in [0.2, 0.25) is 0 Å². The van der Waals surface area contributed by atoms with Crippen LogP contribution in [0.15, 0.2) is 30.3 Å². The van der Waals surface area contributed by atoms with Crippen molar-refractivity contribution in [1.29, 1.82) is 0 Å². The summed E-state index contributed by atoms with van der Waals surface area (Å²) in [5.74, 6) is -0.437. The van der Waals surface area contributed by atoms with Gasteiger partial charge in [-0.25, -0.2) is 0 Å². The van der Waals surface area contributed by atoms with Crippen LogP contribution in [-0.4, -0.2) is 28.1 Å². The van der Waals surface area contributed by atoms with Crippen molar-refractivity contribution in [2.24, 2.45) is 5.92 Å². The average Bonchev–Trinajstić information content (AvgIpc) is 2.57. The van der Waals surface area contributed by atoms with Crippen LogP contribution >= 0.6 is 0 Å². The van der Waals surface area contributed by atoms with Gasteiger partial charge in [-0.3, -0.25) is 9.69 Å². The molecule has 1 aromatic rings. The van der Waals surface area contributed by atoms with Gasteiger partial charge < -0.3 is 5.11 Å². The fraction of sp³-hybridized carbons (Fsp3) is 0.533. The van der Waals surface area contributed by atoms with E-state index in [9.17, 15) is 4.79 Å². The predicted octanol–water partition coefficient (Wildman–Crippen LogP) is 2.76. The van der Waals surface area contributed by atoms with Crippen LogP contribution in [0.4, 0.5) is 0 Å². The van der Waals surface area contributed by atoms with Gasteiger partial charge in [-0.2, -0.15) is 0 Å². The van der Waals surface area contributed by atoms with Crippen molar-refractivity contribution >= 4 is 5.97 Å². The van der Waals surface area contributed by atoms with Crippen molar-refractivity contribution in [3.05, 3.63) is 35.9 Å². The van der Waals surface area contributed by atoms with Crippen LogP contribution in [-0.2, 0) is 11.3 Å². The van der Waals surface area contributed by atoms with Gasteiger partial charge in [-0.1, -0.05) is 30.3 Å². The zero-order chi connectivity index (χ0) is 13.2. The Balaban J connectivity index is 2.05. The molecule has 1 aliphatic heterocycles. The molecule has 0 amide bonds. The molecule has 0 radical (unpaired) electrons. The predicted molar refractivity (Wildman–Crippen MR) is 71.3 cm³/mol. The highest BCUT2D eigenvalue weighted by molar-refractivity contribution is 5.67. The van der Waals surface area contributed by atoms with E-state index in [4.69, 9.17) is 5.11 Å². The number of rotatable bonds is 4. The summed E-state index contributed by atoms with van der Waals surface area (Å²) in [7, 11) is 0. The second-order valence-corrected chi connectivity index (χ2v) is 5.64. The van der Waals surface area contributed by atoms with Crippen molar-refractivity contribution in [3.8, 4) is 0 Å². The minimum atomic E-state index is -0.686. The number of carboxylic acid groups (broad SMARTS) is 1. The lowest BCUT2D eigenvalue weighted by Crippen LogP contribution is -2.42. The lowest BCUT2D eigenvalue weighted by molar-refractivity contribution is -0.138. The monoisotopic (exact) mass is 247 g/mol. The molecule has 1 unspecified atom stereocenters. The highest BCUT2D eigenvalue weighted by Gasteiger charge is 2.41. The number of hydrogen-bond acceptors (Lipinski definition) is 2. The van der Waals surface area contributed by atoms with Crippen LogP contribution in [0.3, 0.4) is 0 Å². The Bertz CT molecular complexity index is 414. The van der Waals surface area contributed by atoms with Crippen molar-refractivity contribution in [3.63, 3.8) is 0 Å². The Hall–Kier alpha value is -1.35. The van der Waals surface area contributed by atoms with E-state index in [2.05, 4.69) is 30.9 Å². The van der Waals surface area contributed by atoms with Gasteiger partial charge in [0, 0.05) is 18.5 Å². The van der Waals surface area contributed by atoms with Crippen molar-refractivity contribution < 1.29 is 9.90 Å². The molecule has 1 aliphatic rings. The molecule has 18 heavy (non-hydrogen) atoms. The van der Waals surface area contributed by atoms with Crippen molar-refractivity contribution in [2.45, 2.75) is 38.8 Å². The quantitative estimate of drug-likeness (QED) is 0.889. The van der Waals surface area contributed by atoms with E-state index in [0.717, 1.165) is 19.5 Å². The number of carboxylic acids is 1. The first kappa shape index (κ1) is 13.1. The molecule has 0 spiro atoms. The molecule has 0 bridgehead atoms. The maximum absolute atomic E-state index is 10.9. The van der Waals surface area contributed by atoms with Gasteiger partial charge >= 0.3 is 5.97 Å². The molecular formula is C15H21NO2. The molecule has 98 valence electrons.